The molecule has 0 bridgehead atoms. The first-order valence-corrected chi connectivity index (χ1v) is 5.76. The lowest BCUT2D eigenvalue weighted by Crippen LogP contribution is -2.41. The molecule has 1 unspecified atom stereocenters. The maximum atomic E-state index is 5.76. The van der Waals surface area contributed by atoms with Crippen molar-refractivity contribution in [3.05, 3.63) is 0 Å². The maximum Gasteiger partial charge on any atom is 0.0700 e. The molecular weight excluding hydrogens is 228 g/mol. The average molecular weight is 253 g/mol. The molecule has 1 rings (SSSR count). The van der Waals surface area contributed by atoms with Gasteiger partial charge in [-0.25, -0.2) is 0 Å². The van der Waals surface area contributed by atoms with Crippen molar-refractivity contribution in [2.75, 3.05) is 47.1 Å². The van der Waals surface area contributed by atoms with Crippen LogP contribution in [0.1, 0.15) is 12.8 Å². The van der Waals surface area contributed by atoms with Gasteiger partial charge in [0.05, 0.1) is 19.8 Å². The van der Waals surface area contributed by atoms with Crippen LogP contribution in [0, 0.1) is 5.92 Å². The van der Waals surface area contributed by atoms with Crippen LogP contribution in [-0.2, 0) is 9.47 Å². The Labute approximate surface area is 105 Å². The van der Waals surface area contributed by atoms with Crippen molar-refractivity contribution in [2.24, 2.45) is 11.7 Å². The van der Waals surface area contributed by atoms with Gasteiger partial charge >= 0.3 is 0 Å². The van der Waals surface area contributed by atoms with Crippen molar-refractivity contribution in [2.45, 2.75) is 18.9 Å². The summed E-state index contributed by atoms with van der Waals surface area (Å²) in [4.78, 5) is 2.32. The van der Waals surface area contributed by atoms with Gasteiger partial charge < -0.3 is 15.2 Å². The van der Waals surface area contributed by atoms with Crippen LogP contribution in [0.2, 0.25) is 0 Å². The summed E-state index contributed by atoms with van der Waals surface area (Å²) >= 11 is 0. The van der Waals surface area contributed by atoms with E-state index >= 15 is 0 Å². The Hall–Kier alpha value is 0.130. The van der Waals surface area contributed by atoms with E-state index in [0.717, 1.165) is 25.6 Å². The first kappa shape index (κ1) is 16.1. The van der Waals surface area contributed by atoms with Crippen molar-refractivity contribution in [1.29, 1.82) is 0 Å². The Balaban J connectivity index is 0.00000225. The lowest BCUT2D eigenvalue weighted by atomic mass is 10.1. The summed E-state index contributed by atoms with van der Waals surface area (Å²) in [5.74, 6) is 0.832. The highest BCUT2D eigenvalue weighted by Crippen LogP contribution is 2.34. The molecule has 1 aliphatic carbocycles. The fourth-order valence-corrected chi connectivity index (χ4v) is 1.83. The van der Waals surface area contributed by atoms with Crippen LogP contribution in [-0.4, -0.2) is 58.0 Å². The van der Waals surface area contributed by atoms with Crippen LogP contribution in [0.4, 0.5) is 0 Å². The van der Waals surface area contributed by atoms with Crippen LogP contribution in [0.3, 0.4) is 0 Å². The van der Waals surface area contributed by atoms with Crippen molar-refractivity contribution in [3.63, 3.8) is 0 Å². The Bertz CT molecular complexity index is 168. The predicted octanol–water partition coefficient (Wildman–Crippen LogP) is 0.740. The van der Waals surface area contributed by atoms with Gasteiger partial charge in [0.1, 0.15) is 0 Å². The van der Waals surface area contributed by atoms with Gasteiger partial charge in [-0.3, -0.25) is 4.90 Å². The molecule has 1 atom stereocenters. The molecule has 1 fully saturated rings. The maximum absolute atomic E-state index is 5.76. The number of nitrogens with two attached hydrogens (primary N) is 1. The molecule has 5 heteroatoms. The Kier molecular flexibility index (Phi) is 9.26. The van der Waals surface area contributed by atoms with E-state index in [-0.39, 0.29) is 12.4 Å². The predicted molar refractivity (Wildman–Crippen MR) is 68.1 cm³/mol. The van der Waals surface area contributed by atoms with E-state index in [1.54, 1.807) is 7.11 Å². The Morgan fingerprint density at radius 1 is 1.31 bits per heavy atom. The number of ether oxygens (including phenoxy) is 2. The van der Waals surface area contributed by atoms with Crippen LogP contribution in [0.25, 0.3) is 0 Å². The summed E-state index contributed by atoms with van der Waals surface area (Å²) in [6.07, 6.45) is 2.69. The van der Waals surface area contributed by atoms with Crippen molar-refractivity contribution < 1.29 is 9.47 Å². The van der Waals surface area contributed by atoms with Crippen LogP contribution < -0.4 is 5.73 Å². The molecule has 0 saturated heterocycles. The van der Waals surface area contributed by atoms with Gasteiger partial charge in [0.2, 0.25) is 0 Å². The smallest absolute Gasteiger partial charge is 0.0700 e. The normalized spacial score (nSPS) is 17.2. The molecule has 0 aromatic rings. The fourth-order valence-electron chi connectivity index (χ4n) is 1.83. The van der Waals surface area contributed by atoms with Gasteiger partial charge in [0.15, 0.2) is 0 Å². The highest BCUT2D eigenvalue weighted by Gasteiger charge is 2.32. The molecule has 2 N–H and O–H groups in total. The number of hydrogen-bond donors (Lipinski definition) is 1. The molecule has 0 heterocycles. The first-order chi connectivity index (χ1) is 7.29. The number of methoxy groups -OCH3 is 1. The van der Waals surface area contributed by atoms with Crippen LogP contribution >= 0.6 is 12.4 Å². The van der Waals surface area contributed by atoms with Crippen molar-refractivity contribution in [1.82, 2.24) is 4.90 Å². The third kappa shape index (κ3) is 6.01. The quantitative estimate of drug-likeness (QED) is 0.615. The lowest BCUT2D eigenvalue weighted by Gasteiger charge is -2.26. The number of hydrogen-bond acceptors (Lipinski definition) is 4. The molecule has 1 saturated carbocycles. The average Bonchev–Trinajstić information content (AvgIpc) is 3.03. The van der Waals surface area contributed by atoms with E-state index in [0.29, 0.717) is 19.3 Å². The minimum atomic E-state index is 0. The first-order valence-electron chi connectivity index (χ1n) is 5.76. The SMILES string of the molecule is COCCOCCN(C)C(CN)C1CC1.Cl. The van der Waals surface area contributed by atoms with Crippen LogP contribution in [0.5, 0.6) is 0 Å². The van der Waals surface area contributed by atoms with Gasteiger partial charge in [-0.1, -0.05) is 0 Å². The van der Waals surface area contributed by atoms with E-state index in [1.165, 1.54) is 12.8 Å². The van der Waals surface area contributed by atoms with E-state index in [4.69, 9.17) is 15.2 Å². The van der Waals surface area contributed by atoms with Gasteiger partial charge in [-0.15, -0.1) is 12.4 Å². The number of rotatable bonds is 9. The summed E-state index contributed by atoms with van der Waals surface area (Å²) < 4.78 is 10.3. The number of likely N-dealkylation sites (N-methyl/N-ethyl adjacent to an activating group) is 1. The molecule has 16 heavy (non-hydrogen) atoms. The minimum absolute atomic E-state index is 0. The highest BCUT2D eigenvalue weighted by molar-refractivity contribution is 5.85. The molecule has 1 aliphatic rings. The summed E-state index contributed by atoms with van der Waals surface area (Å²) in [7, 11) is 3.82. The van der Waals surface area contributed by atoms with E-state index in [1.807, 2.05) is 0 Å². The standard InChI is InChI=1S/C11H24N2O2.ClH/c1-13(5-6-15-8-7-14-2)11(9-12)10-3-4-10;/h10-11H,3-9,12H2,1-2H3;1H. The molecule has 0 amide bonds. The topological polar surface area (TPSA) is 47.7 Å². The Morgan fingerprint density at radius 2 is 2.00 bits per heavy atom. The van der Waals surface area contributed by atoms with Crippen molar-refractivity contribution >= 4 is 12.4 Å². The van der Waals surface area contributed by atoms with Crippen molar-refractivity contribution in [3.8, 4) is 0 Å². The third-order valence-electron chi connectivity index (χ3n) is 2.99. The second kappa shape index (κ2) is 9.19. The van der Waals surface area contributed by atoms with E-state index in [2.05, 4.69) is 11.9 Å². The van der Waals surface area contributed by atoms with Gasteiger partial charge in [0, 0.05) is 26.2 Å². The van der Waals surface area contributed by atoms with Gasteiger partial charge in [0.25, 0.3) is 0 Å². The molecular formula is C11H25ClN2O2. The van der Waals surface area contributed by atoms with Gasteiger partial charge in [-0.2, -0.15) is 0 Å². The highest BCUT2D eigenvalue weighted by atomic mass is 35.5. The molecule has 0 aromatic carbocycles. The molecule has 0 spiro atoms. The monoisotopic (exact) mass is 252 g/mol. The largest absolute Gasteiger partial charge is 0.382 e. The lowest BCUT2D eigenvalue weighted by molar-refractivity contribution is 0.0537. The van der Waals surface area contributed by atoms with E-state index < -0.39 is 0 Å². The number of nitrogens with zero attached hydrogens (tertiary/aromatic N) is 1. The summed E-state index contributed by atoms with van der Waals surface area (Å²) in [6.45, 7) is 3.85. The number of halogens is 1. The summed E-state index contributed by atoms with van der Waals surface area (Å²) in [6, 6.07) is 0.552. The second-order valence-electron chi connectivity index (χ2n) is 4.23. The Morgan fingerprint density at radius 3 is 2.50 bits per heavy atom. The minimum Gasteiger partial charge on any atom is -0.382 e. The fraction of sp³-hybridized carbons (Fsp3) is 1.00. The molecule has 0 aliphatic heterocycles. The van der Waals surface area contributed by atoms with Gasteiger partial charge in [-0.05, 0) is 25.8 Å². The molecule has 0 aromatic heterocycles. The zero-order valence-electron chi connectivity index (χ0n) is 10.4. The second-order valence-corrected chi connectivity index (χ2v) is 4.23. The molecule has 4 nitrogen and oxygen atoms in total. The zero-order chi connectivity index (χ0) is 11.1. The molecule has 98 valence electrons. The van der Waals surface area contributed by atoms with E-state index in [9.17, 15) is 0 Å². The zero-order valence-corrected chi connectivity index (χ0v) is 11.2. The van der Waals surface area contributed by atoms with Crippen LogP contribution in [0.15, 0.2) is 0 Å². The molecule has 0 radical (unpaired) electrons. The summed E-state index contributed by atoms with van der Waals surface area (Å²) in [5.41, 5.74) is 5.76. The third-order valence-corrected chi connectivity index (χ3v) is 2.99. The summed E-state index contributed by atoms with van der Waals surface area (Å²) in [5, 5.41) is 0.